The smallest absolute Gasteiger partial charge is 1.00 e. The van der Waals surface area contributed by atoms with Crippen LogP contribution in [0.1, 0.15) is 0 Å². The van der Waals surface area contributed by atoms with Crippen LogP contribution in [0, 0.1) is 0 Å². The third kappa shape index (κ3) is 7.88. The Bertz CT molecular complexity index is 1440. The molecule has 6 aromatic rings. The van der Waals surface area contributed by atoms with Crippen LogP contribution in [0.5, 0.6) is 11.5 Å². The van der Waals surface area contributed by atoms with E-state index in [1.165, 1.54) is 31.8 Å². The van der Waals surface area contributed by atoms with Gasteiger partial charge >= 0.3 is 16.5 Å². The fraction of sp³-hybridized carbons (Fsp3) is 0. The van der Waals surface area contributed by atoms with Crippen molar-refractivity contribution in [3.05, 3.63) is 170 Å². The third-order valence-corrected chi connectivity index (χ3v) is 11.5. The number of halogens is 2. The zero-order chi connectivity index (χ0) is 26.3. The normalized spacial score (nSPS) is 10.2. The molecule has 212 valence electrons. The summed E-state index contributed by atoms with van der Waals surface area (Å²) in [5.41, 5.74) is 0. The van der Waals surface area contributed by atoms with E-state index in [1.807, 2.05) is 0 Å². The number of para-hydroxylation sites is 2. The molecule has 0 heterocycles. The molecule has 1 nitrogen and oxygen atoms in total. The van der Waals surface area contributed by atoms with E-state index in [0.29, 0.717) is 0 Å². The second-order valence-electron chi connectivity index (χ2n) is 9.05. The van der Waals surface area contributed by atoms with Gasteiger partial charge in [0.1, 0.15) is 11.5 Å². The van der Waals surface area contributed by atoms with Gasteiger partial charge in [0.15, 0.2) is 0 Å². The minimum Gasteiger partial charge on any atom is -1.00 e. The van der Waals surface area contributed by atoms with E-state index in [2.05, 4.69) is 170 Å². The molecule has 6 aromatic carbocycles. The molecule has 0 saturated carbocycles. The molecule has 0 saturated heterocycles. The predicted molar refractivity (Wildman–Crippen MR) is 170 cm³/mol. The average molecular weight is 757 g/mol. The summed E-state index contributed by atoms with van der Waals surface area (Å²) in [6.45, 7) is 0. The largest absolute Gasteiger partial charge is 2.00 e. The van der Waals surface area contributed by atoms with Crippen molar-refractivity contribution >= 4 is 47.7 Å². The quantitative estimate of drug-likeness (QED) is 0.167. The maximum absolute atomic E-state index is 6.92. The van der Waals surface area contributed by atoms with Gasteiger partial charge in [-0.3, -0.25) is 0 Å². The van der Waals surface area contributed by atoms with Crippen LogP contribution >= 0.6 is 15.8 Å². The van der Waals surface area contributed by atoms with Crippen LogP contribution in [0.3, 0.4) is 0 Å². The summed E-state index contributed by atoms with van der Waals surface area (Å²) in [7, 11) is -1.59. The molecule has 0 amide bonds. The first-order valence-electron chi connectivity index (χ1n) is 13.0. The number of ether oxygens (including phenoxy) is 1. The van der Waals surface area contributed by atoms with Crippen LogP contribution in [0.2, 0.25) is 0 Å². The molecule has 0 spiro atoms. The summed E-state index contributed by atoms with van der Waals surface area (Å²) in [6, 6.07) is 60.2. The molecule has 0 aliphatic carbocycles. The second kappa shape index (κ2) is 16.9. The molecule has 0 aliphatic heterocycles. The fourth-order valence-electron chi connectivity index (χ4n) is 4.74. The van der Waals surface area contributed by atoms with Gasteiger partial charge in [-0.25, -0.2) is 0 Å². The summed E-state index contributed by atoms with van der Waals surface area (Å²) in [6.07, 6.45) is 0. The van der Waals surface area contributed by atoms with Crippen LogP contribution in [-0.2, 0) is 16.5 Å². The van der Waals surface area contributed by atoms with Crippen molar-refractivity contribution in [1.82, 2.24) is 0 Å². The first-order valence-corrected chi connectivity index (χ1v) is 15.7. The number of benzene rings is 6. The van der Waals surface area contributed by atoms with Crippen LogP contribution < -0.4 is 70.5 Å². The van der Waals surface area contributed by atoms with Crippen molar-refractivity contribution in [3.8, 4) is 11.5 Å². The van der Waals surface area contributed by atoms with E-state index in [-0.39, 0.29) is 50.5 Å². The number of rotatable bonds is 8. The molecular weight excluding hydrogens is 729 g/mol. The van der Waals surface area contributed by atoms with Gasteiger partial charge in [0, 0.05) is 10.6 Å². The molecule has 0 radical (unpaired) electrons. The van der Waals surface area contributed by atoms with Crippen LogP contribution in [0.25, 0.3) is 0 Å². The Morgan fingerprint density at radius 3 is 0.833 bits per heavy atom. The number of hydrogen-bond donors (Lipinski definition) is 0. The number of hydrogen-bond acceptors (Lipinski definition) is 1. The zero-order valence-electron chi connectivity index (χ0n) is 22.5. The van der Waals surface area contributed by atoms with Gasteiger partial charge in [-0.05, 0) is 49.2 Å². The monoisotopic (exact) mass is 754 g/mol. The van der Waals surface area contributed by atoms with Crippen molar-refractivity contribution in [2.45, 2.75) is 0 Å². The van der Waals surface area contributed by atoms with Gasteiger partial charge in [0.25, 0.3) is 0 Å². The van der Waals surface area contributed by atoms with Gasteiger partial charge in [-0.15, -0.1) is 0 Å². The fourth-order valence-corrected chi connectivity index (χ4v) is 9.48. The molecule has 0 aliphatic rings. The molecular formula is C36H28Br2NiOP2. The third-order valence-electron chi connectivity index (χ3n) is 6.49. The SMILES string of the molecule is [Br-].[Br-].[Ni+2].c1ccc(P(c2ccccc2)c2ccccc2Oc2ccccc2P(c2ccccc2)c2ccccc2)cc1. The van der Waals surface area contributed by atoms with Crippen LogP contribution in [0.4, 0.5) is 0 Å². The van der Waals surface area contributed by atoms with Gasteiger partial charge in [0.05, 0.1) is 0 Å². The van der Waals surface area contributed by atoms with Gasteiger partial charge < -0.3 is 38.7 Å². The van der Waals surface area contributed by atoms with E-state index in [1.54, 1.807) is 0 Å². The Labute approximate surface area is 282 Å². The van der Waals surface area contributed by atoms with Gasteiger partial charge in [-0.2, -0.15) is 0 Å². The van der Waals surface area contributed by atoms with Crippen LogP contribution in [0.15, 0.2) is 170 Å². The Morgan fingerprint density at radius 2 is 0.548 bits per heavy atom. The van der Waals surface area contributed by atoms with E-state index < -0.39 is 15.8 Å². The molecule has 0 unspecified atom stereocenters. The van der Waals surface area contributed by atoms with E-state index in [9.17, 15) is 0 Å². The minimum absolute atomic E-state index is 0. The first kappa shape index (κ1) is 33.9. The summed E-state index contributed by atoms with van der Waals surface area (Å²) in [4.78, 5) is 0. The molecule has 0 fully saturated rings. The first-order chi connectivity index (χ1) is 19.4. The van der Waals surface area contributed by atoms with Crippen molar-refractivity contribution in [3.63, 3.8) is 0 Å². The summed E-state index contributed by atoms with van der Waals surface area (Å²) in [5.74, 6) is 1.81. The molecule has 0 bridgehead atoms. The standard InChI is InChI=1S/C36H28OP2.2BrH.Ni/c1-5-17-29(18-6-1)38(30-19-7-2-8-20-30)35-27-15-13-25-33(35)37-34-26-14-16-28-36(34)39(31-21-9-3-10-22-31)32-23-11-4-12-24-32;;;/h1-28H;2*1H;/q;;;+2/p-2. The van der Waals surface area contributed by atoms with Crippen molar-refractivity contribution in [2.24, 2.45) is 0 Å². The Balaban J connectivity index is 0.00000161. The van der Waals surface area contributed by atoms with Crippen molar-refractivity contribution in [1.29, 1.82) is 0 Å². The van der Waals surface area contributed by atoms with Crippen molar-refractivity contribution < 1.29 is 55.2 Å². The molecule has 0 N–H and O–H groups in total. The summed E-state index contributed by atoms with van der Waals surface area (Å²) in [5, 5.41) is 7.64. The second-order valence-corrected chi connectivity index (χ2v) is 13.4. The maximum Gasteiger partial charge on any atom is 2.00 e. The van der Waals surface area contributed by atoms with Crippen molar-refractivity contribution in [2.75, 3.05) is 0 Å². The van der Waals surface area contributed by atoms with Gasteiger partial charge in [0.2, 0.25) is 0 Å². The van der Waals surface area contributed by atoms with E-state index in [0.717, 1.165) is 11.5 Å². The topological polar surface area (TPSA) is 9.23 Å². The average Bonchev–Trinajstić information content (AvgIpc) is 3.01. The summed E-state index contributed by atoms with van der Waals surface area (Å²) >= 11 is 0. The Hall–Kier alpha value is -2.57. The van der Waals surface area contributed by atoms with Crippen LogP contribution in [-0.4, -0.2) is 0 Å². The Morgan fingerprint density at radius 1 is 0.310 bits per heavy atom. The van der Waals surface area contributed by atoms with E-state index in [4.69, 9.17) is 4.74 Å². The van der Waals surface area contributed by atoms with E-state index >= 15 is 0 Å². The molecule has 6 rings (SSSR count). The zero-order valence-corrected chi connectivity index (χ0v) is 28.5. The van der Waals surface area contributed by atoms with Gasteiger partial charge in [-0.1, -0.05) is 158 Å². The predicted octanol–water partition coefficient (Wildman–Crippen LogP) is 1.00. The molecule has 6 heteroatoms. The molecule has 42 heavy (non-hydrogen) atoms. The molecule has 0 atom stereocenters. The minimum atomic E-state index is -0.795. The molecule has 0 aromatic heterocycles. The summed E-state index contributed by atoms with van der Waals surface area (Å²) < 4.78 is 6.92. The maximum atomic E-state index is 6.92. The Kier molecular flexibility index (Phi) is 13.7.